The van der Waals surface area contributed by atoms with Gasteiger partial charge in [0.1, 0.15) is 6.04 Å². The van der Waals surface area contributed by atoms with Crippen LogP contribution in [0.5, 0.6) is 0 Å². The molecule has 1 aliphatic heterocycles. The topological polar surface area (TPSA) is 49.4 Å². The van der Waals surface area contributed by atoms with E-state index in [1.54, 1.807) is 11.0 Å². The third-order valence-corrected chi connectivity index (χ3v) is 3.11. The summed E-state index contributed by atoms with van der Waals surface area (Å²) in [5.74, 6) is 0.0239. The van der Waals surface area contributed by atoms with Crippen molar-refractivity contribution in [2.45, 2.75) is 46.1 Å². The van der Waals surface area contributed by atoms with Crippen LogP contribution in [0.1, 0.15) is 40.0 Å². The van der Waals surface area contributed by atoms with E-state index in [4.69, 9.17) is 0 Å². The fourth-order valence-electron chi connectivity index (χ4n) is 2.13. The molecule has 0 aromatic carbocycles. The molecule has 1 rings (SSSR count). The van der Waals surface area contributed by atoms with Crippen molar-refractivity contribution >= 4 is 11.8 Å². The van der Waals surface area contributed by atoms with Gasteiger partial charge in [0.15, 0.2) is 0 Å². The molecule has 1 aliphatic rings. The Bertz CT molecular complexity index is 331. The van der Waals surface area contributed by atoms with E-state index in [0.717, 1.165) is 19.3 Å². The standard InChI is InChI=1S/C14H24N2O2/c1-5-6-9-15-12(17)11-8-7-10-16(11)13(18)14(2,3)4/h5,11H,1,6-10H2,2-4H3,(H,15,17). The van der Waals surface area contributed by atoms with Crippen LogP contribution in [-0.2, 0) is 9.59 Å². The highest BCUT2D eigenvalue weighted by Crippen LogP contribution is 2.25. The maximum absolute atomic E-state index is 12.2. The first-order valence-electron chi connectivity index (χ1n) is 6.57. The summed E-state index contributed by atoms with van der Waals surface area (Å²) in [6.07, 6.45) is 4.20. The molecule has 0 bridgehead atoms. The summed E-state index contributed by atoms with van der Waals surface area (Å²) in [5, 5.41) is 2.86. The second kappa shape index (κ2) is 6.03. The maximum atomic E-state index is 12.2. The zero-order valence-electron chi connectivity index (χ0n) is 11.7. The van der Waals surface area contributed by atoms with E-state index in [-0.39, 0.29) is 17.9 Å². The molecule has 2 amide bonds. The Labute approximate surface area is 109 Å². The lowest BCUT2D eigenvalue weighted by Crippen LogP contribution is -2.49. The van der Waals surface area contributed by atoms with Crippen molar-refractivity contribution in [3.8, 4) is 0 Å². The molecular formula is C14H24N2O2. The van der Waals surface area contributed by atoms with E-state index >= 15 is 0 Å². The molecule has 1 fully saturated rings. The van der Waals surface area contributed by atoms with Crippen LogP contribution in [0.4, 0.5) is 0 Å². The third-order valence-electron chi connectivity index (χ3n) is 3.11. The minimum Gasteiger partial charge on any atom is -0.354 e. The number of carbonyl (C=O) groups excluding carboxylic acids is 2. The first-order chi connectivity index (χ1) is 8.38. The van der Waals surface area contributed by atoms with Gasteiger partial charge in [-0.05, 0) is 19.3 Å². The Morgan fingerprint density at radius 2 is 2.11 bits per heavy atom. The highest BCUT2D eigenvalue weighted by molar-refractivity contribution is 5.90. The van der Waals surface area contributed by atoms with Gasteiger partial charge >= 0.3 is 0 Å². The van der Waals surface area contributed by atoms with E-state index in [1.807, 2.05) is 20.8 Å². The Morgan fingerprint density at radius 3 is 2.67 bits per heavy atom. The van der Waals surface area contributed by atoms with Gasteiger partial charge in [-0.2, -0.15) is 0 Å². The highest BCUT2D eigenvalue weighted by atomic mass is 16.2. The van der Waals surface area contributed by atoms with Crippen LogP contribution in [0, 0.1) is 5.41 Å². The summed E-state index contributed by atoms with van der Waals surface area (Å²) in [6, 6.07) is -0.290. The molecule has 18 heavy (non-hydrogen) atoms. The zero-order chi connectivity index (χ0) is 13.8. The smallest absolute Gasteiger partial charge is 0.242 e. The number of hydrogen-bond donors (Lipinski definition) is 1. The molecule has 1 N–H and O–H groups in total. The molecule has 0 saturated carbocycles. The molecule has 0 aromatic rings. The lowest BCUT2D eigenvalue weighted by atomic mass is 9.94. The van der Waals surface area contributed by atoms with Crippen molar-refractivity contribution in [3.63, 3.8) is 0 Å². The largest absolute Gasteiger partial charge is 0.354 e. The maximum Gasteiger partial charge on any atom is 0.242 e. The third kappa shape index (κ3) is 3.59. The van der Waals surface area contributed by atoms with Crippen molar-refractivity contribution in [2.75, 3.05) is 13.1 Å². The molecule has 0 spiro atoms. The average Bonchev–Trinajstić information content (AvgIpc) is 2.75. The van der Waals surface area contributed by atoms with Crippen LogP contribution in [0.3, 0.4) is 0 Å². The second-order valence-corrected chi connectivity index (χ2v) is 5.77. The number of nitrogens with zero attached hydrogens (tertiary/aromatic N) is 1. The molecular weight excluding hydrogens is 228 g/mol. The lowest BCUT2D eigenvalue weighted by Gasteiger charge is -2.30. The van der Waals surface area contributed by atoms with Gasteiger partial charge in [-0.1, -0.05) is 26.8 Å². The molecule has 0 radical (unpaired) electrons. The summed E-state index contributed by atoms with van der Waals surface area (Å²) < 4.78 is 0. The van der Waals surface area contributed by atoms with Gasteiger partial charge in [0.05, 0.1) is 0 Å². The Morgan fingerprint density at radius 1 is 1.44 bits per heavy atom. The molecule has 0 aliphatic carbocycles. The number of hydrogen-bond acceptors (Lipinski definition) is 2. The molecule has 0 aromatic heterocycles. The van der Waals surface area contributed by atoms with Crippen LogP contribution in [0.2, 0.25) is 0 Å². The van der Waals surface area contributed by atoms with Crippen molar-refractivity contribution < 1.29 is 9.59 Å². The Kier molecular flexibility index (Phi) is 4.93. The van der Waals surface area contributed by atoms with Crippen LogP contribution in [0.15, 0.2) is 12.7 Å². The van der Waals surface area contributed by atoms with Crippen LogP contribution in [0.25, 0.3) is 0 Å². The van der Waals surface area contributed by atoms with E-state index in [2.05, 4.69) is 11.9 Å². The SMILES string of the molecule is C=CCCNC(=O)C1CCCN1C(=O)C(C)(C)C. The van der Waals surface area contributed by atoms with Gasteiger partial charge in [-0.3, -0.25) is 9.59 Å². The van der Waals surface area contributed by atoms with Gasteiger partial charge < -0.3 is 10.2 Å². The van der Waals surface area contributed by atoms with Crippen molar-refractivity contribution in [1.82, 2.24) is 10.2 Å². The quantitative estimate of drug-likeness (QED) is 0.612. The molecule has 1 unspecified atom stereocenters. The fourth-order valence-corrected chi connectivity index (χ4v) is 2.13. The van der Waals surface area contributed by atoms with Crippen LogP contribution >= 0.6 is 0 Å². The average molecular weight is 252 g/mol. The van der Waals surface area contributed by atoms with E-state index in [1.165, 1.54) is 0 Å². The molecule has 1 saturated heterocycles. The first-order valence-corrected chi connectivity index (χ1v) is 6.57. The predicted molar refractivity (Wildman–Crippen MR) is 72.0 cm³/mol. The van der Waals surface area contributed by atoms with Crippen molar-refractivity contribution in [2.24, 2.45) is 5.41 Å². The van der Waals surface area contributed by atoms with Gasteiger partial charge in [0.2, 0.25) is 11.8 Å². The summed E-state index contributed by atoms with van der Waals surface area (Å²) >= 11 is 0. The lowest BCUT2D eigenvalue weighted by molar-refractivity contribution is -0.144. The number of rotatable bonds is 4. The number of likely N-dealkylation sites (tertiary alicyclic amines) is 1. The van der Waals surface area contributed by atoms with E-state index < -0.39 is 5.41 Å². The van der Waals surface area contributed by atoms with Gasteiger partial charge in [0, 0.05) is 18.5 Å². The summed E-state index contributed by atoms with van der Waals surface area (Å²) in [6.45, 7) is 10.6. The summed E-state index contributed by atoms with van der Waals surface area (Å²) in [4.78, 5) is 26.0. The monoisotopic (exact) mass is 252 g/mol. The van der Waals surface area contributed by atoms with Crippen molar-refractivity contribution in [1.29, 1.82) is 0 Å². The second-order valence-electron chi connectivity index (χ2n) is 5.77. The summed E-state index contributed by atoms with van der Waals surface area (Å²) in [7, 11) is 0. The molecule has 4 heteroatoms. The minimum absolute atomic E-state index is 0.0352. The number of nitrogens with one attached hydrogen (secondary N) is 1. The van der Waals surface area contributed by atoms with Gasteiger partial charge in [-0.25, -0.2) is 0 Å². The van der Waals surface area contributed by atoms with Crippen LogP contribution < -0.4 is 5.32 Å². The van der Waals surface area contributed by atoms with Crippen molar-refractivity contribution in [3.05, 3.63) is 12.7 Å². The summed E-state index contributed by atoms with van der Waals surface area (Å²) in [5.41, 5.74) is -0.427. The Balaban J connectivity index is 2.62. The van der Waals surface area contributed by atoms with E-state index in [9.17, 15) is 9.59 Å². The number of amides is 2. The number of carbonyl (C=O) groups is 2. The molecule has 1 atom stereocenters. The van der Waals surface area contributed by atoms with Gasteiger partial charge in [-0.15, -0.1) is 6.58 Å². The molecule has 4 nitrogen and oxygen atoms in total. The van der Waals surface area contributed by atoms with E-state index in [0.29, 0.717) is 13.1 Å². The molecule has 1 heterocycles. The first kappa shape index (κ1) is 14.7. The normalized spacial score (nSPS) is 19.7. The zero-order valence-corrected chi connectivity index (χ0v) is 11.7. The Hall–Kier alpha value is -1.32. The fraction of sp³-hybridized carbons (Fsp3) is 0.714. The highest BCUT2D eigenvalue weighted by Gasteiger charge is 2.38. The molecule has 102 valence electrons. The van der Waals surface area contributed by atoms with Gasteiger partial charge in [0.25, 0.3) is 0 Å². The van der Waals surface area contributed by atoms with Crippen LogP contribution in [-0.4, -0.2) is 35.8 Å². The predicted octanol–water partition coefficient (Wildman–Crippen LogP) is 1.72. The minimum atomic E-state index is -0.427.